The topological polar surface area (TPSA) is 139 Å². The fraction of sp³-hybridized carbons (Fsp3) is 0.360. The van der Waals surface area contributed by atoms with Crippen molar-refractivity contribution in [2.75, 3.05) is 13.1 Å². The van der Waals surface area contributed by atoms with Gasteiger partial charge in [0.15, 0.2) is 16.6 Å². The molecule has 1 fully saturated rings. The van der Waals surface area contributed by atoms with E-state index in [1.54, 1.807) is 44.2 Å². The van der Waals surface area contributed by atoms with Crippen LogP contribution in [0.3, 0.4) is 0 Å². The first kappa shape index (κ1) is 27.0. The van der Waals surface area contributed by atoms with Crippen LogP contribution >= 0.6 is 15.9 Å². The molecule has 0 bridgehead atoms. The van der Waals surface area contributed by atoms with E-state index in [1.165, 1.54) is 12.3 Å². The molecule has 10 nitrogen and oxygen atoms in total. The van der Waals surface area contributed by atoms with Crippen molar-refractivity contribution >= 4 is 54.5 Å². The smallest absolute Gasteiger partial charge is 0.287 e. The minimum absolute atomic E-state index is 0.0625. The average molecular weight is 591 g/mol. The molecule has 0 spiro atoms. The lowest BCUT2D eigenvalue weighted by molar-refractivity contribution is -0.129. The normalized spacial score (nSPS) is 17.9. The van der Waals surface area contributed by atoms with Crippen LogP contribution in [-0.4, -0.2) is 60.5 Å². The van der Waals surface area contributed by atoms with Gasteiger partial charge in [-0.15, -0.1) is 0 Å². The molecule has 1 saturated heterocycles. The van der Waals surface area contributed by atoms with Gasteiger partial charge in [0.05, 0.1) is 12.6 Å². The molecule has 2 amide bonds. The molecule has 3 heterocycles. The maximum atomic E-state index is 13.1. The minimum atomic E-state index is -3.94. The zero-order chi connectivity index (χ0) is 26.7. The van der Waals surface area contributed by atoms with Crippen LogP contribution in [0.5, 0.6) is 0 Å². The zero-order valence-electron chi connectivity index (χ0n) is 20.3. The summed E-state index contributed by atoms with van der Waals surface area (Å²) in [7, 11) is -3.94. The van der Waals surface area contributed by atoms with E-state index in [9.17, 15) is 22.8 Å². The third-order valence-corrected chi connectivity index (χ3v) is 8.37. The summed E-state index contributed by atoms with van der Waals surface area (Å²) in [5.74, 6) is -1.73. The van der Waals surface area contributed by atoms with Gasteiger partial charge in [0, 0.05) is 22.6 Å². The van der Waals surface area contributed by atoms with Crippen molar-refractivity contribution in [1.82, 2.24) is 19.9 Å². The van der Waals surface area contributed by atoms with Gasteiger partial charge in [0.2, 0.25) is 5.91 Å². The van der Waals surface area contributed by atoms with E-state index in [-0.39, 0.29) is 36.2 Å². The van der Waals surface area contributed by atoms with Crippen LogP contribution in [0.15, 0.2) is 62.6 Å². The summed E-state index contributed by atoms with van der Waals surface area (Å²) in [5, 5.41) is 6.02. The lowest BCUT2D eigenvalue weighted by Crippen LogP contribution is -2.54. The lowest BCUT2D eigenvalue weighted by Gasteiger charge is -2.24. The molecule has 1 aliphatic heterocycles. The Bertz CT molecular complexity index is 1420. The number of nitrogens with one attached hydrogen (secondary N) is 2. The number of pyridine rings is 1. The first-order valence-corrected chi connectivity index (χ1v) is 14.0. The number of aromatic nitrogens is 1. The van der Waals surface area contributed by atoms with Crippen molar-refractivity contribution < 1.29 is 27.2 Å². The summed E-state index contributed by atoms with van der Waals surface area (Å²) >= 11 is 3.38. The van der Waals surface area contributed by atoms with Crippen molar-refractivity contribution in [2.45, 2.75) is 43.8 Å². The number of Topliss-reactive ketones (excluding diaryl/α,β-unsaturated/α-hetero) is 1. The summed E-state index contributed by atoms with van der Waals surface area (Å²) in [6.45, 7) is 3.30. The summed E-state index contributed by atoms with van der Waals surface area (Å²) in [6.07, 6.45) is 2.02. The van der Waals surface area contributed by atoms with E-state index in [2.05, 4.69) is 31.5 Å². The molecule has 4 rings (SSSR count). The third kappa shape index (κ3) is 6.08. The molecule has 2 aromatic heterocycles. The Labute approximate surface area is 223 Å². The SMILES string of the molecule is CC(C)C(NC(=O)c1cc2cc(Br)ccc2o1)C(=O)NC1CCCN(S(=O)(=O)c2ccccn2)CC1=O. The number of furan rings is 1. The highest BCUT2D eigenvalue weighted by atomic mass is 79.9. The molecule has 0 saturated carbocycles. The van der Waals surface area contributed by atoms with Gasteiger partial charge in [-0.1, -0.05) is 35.8 Å². The largest absolute Gasteiger partial charge is 0.451 e. The van der Waals surface area contributed by atoms with Crippen molar-refractivity contribution in [1.29, 1.82) is 0 Å². The van der Waals surface area contributed by atoms with Crippen LogP contribution < -0.4 is 10.6 Å². The molecule has 2 unspecified atom stereocenters. The summed E-state index contributed by atoms with van der Waals surface area (Å²) in [5.41, 5.74) is 0.535. The number of rotatable bonds is 7. The maximum Gasteiger partial charge on any atom is 0.287 e. The van der Waals surface area contributed by atoms with Crippen molar-refractivity contribution in [3.05, 3.63) is 58.9 Å². The van der Waals surface area contributed by atoms with Gasteiger partial charge >= 0.3 is 0 Å². The van der Waals surface area contributed by atoms with E-state index in [1.807, 2.05) is 6.07 Å². The summed E-state index contributed by atoms with van der Waals surface area (Å²) in [4.78, 5) is 42.9. The lowest BCUT2D eigenvalue weighted by atomic mass is 10.0. The first-order valence-electron chi connectivity index (χ1n) is 11.8. The van der Waals surface area contributed by atoms with E-state index < -0.39 is 39.7 Å². The van der Waals surface area contributed by atoms with Gasteiger partial charge in [-0.3, -0.25) is 14.4 Å². The number of hydrogen-bond donors (Lipinski definition) is 2. The van der Waals surface area contributed by atoms with E-state index >= 15 is 0 Å². The molecule has 3 aromatic rings. The van der Waals surface area contributed by atoms with Crippen LogP contribution in [0.2, 0.25) is 0 Å². The monoisotopic (exact) mass is 590 g/mol. The third-order valence-electron chi connectivity index (χ3n) is 6.12. The number of hydrogen-bond acceptors (Lipinski definition) is 7. The highest BCUT2D eigenvalue weighted by Gasteiger charge is 2.35. The Morgan fingerprint density at radius 1 is 1.19 bits per heavy atom. The molecule has 1 aromatic carbocycles. The van der Waals surface area contributed by atoms with Gasteiger partial charge in [-0.25, -0.2) is 13.4 Å². The molecule has 2 N–H and O–H groups in total. The number of benzene rings is 1. The van der Waals surface area contributed by atoms with E-state index in [4.69, 9.17) is 4.42 Å². The Kier molecular flexibility index (Phi) is 8.10. The molecular formula is C25H27BrN4O6S. The Balaban J connectivity index is 1.43. The molecule has 1 aliphatic rings. The Morgan fingerprint density at radius 3 is 2.68 bits per heavy atom. The highest BCUT2D eigenvalue weighted by molar-refractivity contribution is 9.10. The Morgan fingerprint density at radius 2 is 1.97 bits per heavy atom. The van der Waals surface area contributed by atoms with Crippen molar-refractivity contribution in [3.63, 3.8) is 0 Å². The van der Waals surface area contributed by atoms with Crippen LogP contribution in [-0.2, 0) is 19.6 Å². The quantitative estimate of drug-likeness (QED) is 0.431. The second-order valence-corrected chi connectivity index (χ2v) is 12.0. The molecule has 0 radical (unpaired) electrons. The van der Waals surface area contributed by atoms with Crippen molar-refractivity contribution in [2.24, 2.45) is 5.92 Å². The van der Waals surface area contributed by atoms with Gasteiger partial charge in [-0.2, -0.15) is 4.31 Å². The second kappa shape index (κ2) is 11.1. The number of nitrogens with zero attached hydrogens (tertiary/aromatic N) is 2. The first-order chi connectivity index (χ1) is 17.6. The predicted octanol–water partition coefficient (Wildman–Crippen LogP) is 2.88. The molecule has 37 heavy (non-hydrogen) atoms. The van der Waals surface area contributed by atoms with E-state index in [0.29, 0.717) is 12.0 Å². The Hall–Kier alpha value is -3.09. The zero-order valence-corrected chi connectivity index (χ0v) is 22.7. The average Bonchev–Trinajstić information content (AvgIpc) is 3.20. The van der Waals surface area contributed by atoms with Crippen LogP contribution in [0.1, 0.15) is 37.2 Å². The number of carbonyl (C=O) groups excluding carboxylic acids is 3. The number of amides is 2. The molecule has 12 heteroatoms. The summed E-state index contributed by atoms with van der Waals surface area (Å²) in [6, 6.07) is 9.67. The number of carbonyl (C=O) groups is 3. The molecule has 2 atom stereocenters. The van der Waals surface area contributed by atoms with Crippen LogP contribution in [0, 0.1) is 5.92 Å². The van der Waals surface area contributed by atoms with Crippen LogP contribution in [0.4, 0.5) is 0 Å². The predicted molar refractivity (Wildman–Crippen MR) is 139 cm³/mol. The number of sulfonamides is 1. The van der Waals surface area contributed by atoms with Crippen LogP contribution in [0.25, 0.3) is 11.0 Å². The van der Waals surface area contributed by atoms with E-state index in [0.717, 1.165) is 14.2 Å². The fourth-order valence-corrected chi connectivity index (χ4v) is 5.88. The van der Waals surface area contributed by atoms with Gasteiger partial charge in [-0.05, 0) is 55.2 Å². The maximum absolute atomic E-state index is 13.1. The van der Waals surface area contributed by atoms with Gasteiger partial charge in [0.25, 0.3) is 15.9 Å². The fourth-order valence-electron chi connectivity index (χ4n) is 4.12. The van der Waals surface area contributed by atoms with Crippen molar-refractivity contribution in [3.8, 4) is 0 Å². The van der Waals surface area contributed by atoms with Gasteiger partial charge in [0.1, 0.15) is 11.6 Å². The molecule has 0 aliphatic carbocycles. The number of halogens is 1. The minimum Gasteiger partial charge on any atom is -0.451 e. The number of fused-ring (bicyclic) bond motifs is 1. The molecular weight excluding hydrogens is 564 g/mol. The summed E-state index contributed by atoms with van der Waals surface area (Å²) < 4.78 is 33.4. The second-order valence-electron chi connectivity index (χ2n) is 9.16. The highest BCUT2D eigenvalue weighted by Crippen LogP contribution is 2.24. The van der Waals surface area contributed by atoms with Gasteiger partial charge < -0.3 is 15.1 Å². The molecule has 196 valence electrons. The number of ketones is 1. The standard InChI is InChI=1S/C25H27BrN4O6S/c1-15(2)23(29-24(32)21-13-16-12-17(26)8-9-20(16)36-21)25(33)28-18-6-5-11-30(14-19(18)31)37(34,35)22-7-3-4-10-27-22/h3-4,7-10,12-13,15,18,23H,5-6,11,14H2,1-2H3,(H,28,33)(H,29,32).